The van der Waals surface area contributed by atoms with Crippen molar-refractivity contribution in [3.8, 4) is 11.5 Å². The Balaban J connectivity index is 1.62. The topological polar surface area (TPSA) is 47.6 Å². The lowest BCUT2D eigenvalue weighted by Crippen LogP contribution is -2.12. The Labute approximate surface area is 165 Å². The molecule has 28 heavy (non-hydrogen) atoms. The predicted molar refractivity (Wildman–Crippen MR) is 112 cm³/mol. The maximum atomic E-state index is 12.6. The van der Waals surface area contributed by atoms with Gasteiger partial charge in [-0.1, -0.05) is 36.4 Å². The molecule has 3 rings (SSSR count). The highest BCUT2D eigenvalue weighted by atomic mass is 16.5. The Kier molecular flexibility index (Phi) is 6.47. The van der Waals surface area contributed by atoms with E-state index in [9.17, 15) is 4.79 Å². The van der Waals surface area contributed by atoms with E-state index in [1.165, 1.54) is 0 Å². The highest BCUT2D eigenvalue weighted by Gasteiger charge is 2.10. The molecule has 0 radical (unpaired) electrons. The van der Waals surface area contributed by atoms with Gasteiger partial charge in [0.05, 0.1) is 7.11 Å². The Hall–Kier alpha value is -3.53. The summed E-state index contributed by atoms with van der Waals surface area (Å²) in [6.07, 6.45) is 2.42. The molecule has 0 atom stereocenters. The summed E-state index contributed by atoms with van der Waals surface area (Å²) in [5, 5.41) is 2.90. The van der Waals surface area contributed by atoms with Gasteiger partial charge in [0.25, 0.3) is 5.91 Å². The van der Waals surface area contributed by atoms with Crippen LogP contribution in [-0.4, -0.2) is 13.0 Å². The number of allylic oxidation sites excluding steroid dienone is 1. The summed E-state index contributed by atoms with van der Waals surface area (Å²) in [5.41, 5.74) is 3.31. The minimum Gasteiger partial charge on any atom is -0.496 e. The smallest absolute Gasteiger partial charge is 0.255 e. The second kappa shape index (κ2) is 9.42. The van der Waals surface area contributed by atoms with Crippen molar-refractivity contribution in [1.82, 2.24) is 0 Å². The number of anilines is 1. The summed E-state index contributed by atoms with van der Waals surface area (Å²) in [5.74, 6) is 1.32. The molecule has 0 saturated heterocycles. The van der Waals surface area contributed by atoms with Crippen molar-refractivity contribution in [3.05, 3.63) is 102 Å². The molecule has 4 nitrogen and oxygen atoms in total. The standard InChI is InChI=1S/C24H23NO3/c1-3-7-19-16-20(10-15-23(19)27-2)24(26)25-21-11-13-22(14-12-21)28-17-18-8-5-4-6-9-18/h3-6,8-16H,1,7,17H2,2H3,(H,25,26). The Morgan fingerprint density at radius 3 is 2.46 bits per heavy atom. The van der Waals surface area contributed by atoms with Crippen molar-refractivity contribution in [2.45, 2.75) is 13.0 Å². The number of ether oxygens (including phenoxy) is 2. The Bertz CT molecular complexity index is 934. The summed E-state index contributed by atoms with van der Waals surface area (Å²) in [7, 11) is 1.61. The van der Waals surface area contributed by atoms with Crippen LogP contribution in [0.1, 0.15) is 21.5 Å². The molecule has 3 aromatic rings. The molecule has 0 aromatic heterocycles. The van der Waals surface area contributed by atoms with E-state index < -0.39 is 0 Å². The van der Waals surface area contributed by atoms with Gasteiger partial charge < -0.3 is 14.8 Å². The van der Waals surface area contributed by atoms with Gasteiger partial charge in [-0.25, -0.2) is 0 Å². The third-order valence-electron chi connectivity index (χ3n) is 4.27. The zero-order valence-electron chi connectivity index (χ0n) is 15.9. The zero-order chi connectivity index (χ0) is 19.8. The van der Waals surface area contributed by atoms with E-state index >= 15 is 0 Å². The maximum absolute atomic E-state index is 12.6. The van der Waals surface area contributed by atoms with E-state index in [1.54, 1.807) is 25.3 Å². The van der Waals surface area contributed by atoms with Crippen molar-refractivity contribution in [1.29, 1.82) is 0 Å². The number of nitrogens with one attached hydrogen (secondary N) is 1. The number of methoxy groups -OCH3 is 1. The monoisotopic (exact) mass is 373 g/mol. The molecule has 1 N–H and O–H groups in total. The van der Waals surface area contributed by atoms with Gasteiger partial charge in [-0.15, -0.1) is 6.58 Å². The first-order chi connectivity index (χ1) is 13.7. The first-order valence-electron chi connectivity index (χ1n) is 9.05. The van der Waals surface area contributed by atoms with Crippen molar-refractivity contribution in [2.24, 2.45) is 0 Å². The molecule has 0 fully saturated rings. The van der Waals surface area contributed by atoms with Crippen LogP contribution in [0.25, 0.3) is 0 Å². The first kappa shape index (κ1) is 19.2. The number of carbonyl (C=O) groups is 1. The normalized spacial score (nSPS) is 10.2. The van der Waals surface area contributed by atoms with Gasteiger partial charge in [-0.3, -0.25) is 4.79 Å². The van der Waals surface area contributed by atoms with Gasteiger partial charge in [0.1, 0.15) is 18.1 Å². The quantitative estimate of drug-likeness (QED) is 0.548. The van der Waals surface area contributed by atoms with Crippen LogP contribution >= 0.6 is 0 Å². The molecule has 142 valence electrons. The first-order valence-corrected chi connectivity index (χ1v) is 9.05. The van der Waals surface area contributed by atoms with Gasteiger partial charge in [0.15, 0.2) is 0 Å². The van der Waals surface area contributed by atoms with Gasteiger partial charge in [-0.2, -0.15) is 0 Å². The molecule has 0 heterocycles. The molecule has 0 aliphatic heterocycles. The van der Waals surface area contributed by atoms with Crippen LogP contribution in [-0.2, 0) is 13.0 Å². The number of carbonyl (C=O) groups excluding carboxylic acids is 1. The third-order valence-corrected chi connectivity index (χ3v) is 4.27. The second-order valence-corrected chi connectivity index (χ2v) is 6.27. The SMILES string of the molecule is C=CCc1cc(C(=O)Nc2ccc(OCc3ccccc3)cc2)ccc1OC. The van der Waals surface area contributed by atoms with Crippen LogP contribution in [0.4, 0.5) is 5.69 Å². The fraction of sp³-hybridized carbons (Fsp3) is 0.125. The summed E-state index contributed by atoms with van der Waals surface area (Å²) in [6.45, 7) is 4.25. The maximum Gasteiger partial charge on any atom is 0.255 e. The highest BCUT2D eigenvalue weighted by molar-refractivity contribution is 6.04. The molecule has 0 bridgehead atoms. The minimum atomic E-state index is -0.175. The lowest BCUT2D eigenvalue weighted by Gasteiger charge is -2.11. The molecule has 0 saturated carbocycles. The minimum absolute atomic E-state index is 0.175. The third kappa shape index (κ3) is 5.01. The van der Waals surface area contributed by atoms with Gasteiger partial charge >= 0.3 is 0 Å². The van der Waals surface area contributed by atoms with Crippen molar-refractivity contribution in [3.63, 3.8) is 0 Å². The summed E-state index contributed by atoms with van der Waals surface area (Å²) in [4.78, 5) is 12.6. The van der Waals surface area contributed by atoms with Crippen molar-refractivity contribution >= 4 is 11.6 Å². The molecule has 0 unspecified atom stereocenters. The summed E-state index contributed by atoms with van der Waals surface area (Å²) >= 11 is 0. The number of hydrogen-bond donors (Lipinski definition) is 1. The van der Waals surface area contributed by atoms with Crippen molar-refractivity contribution < 1.29 is 14.3 Å². The number of hydrogen-bond acceptors (Lipinski definition) is 3. The van der Waals surface area contributed by atoms with Gasteiger partial charge in [-0.05, 0) is 60.0 Å². The molecular weight excluding hydrogens is 350 g/mol. The number of benzene rings is 3. The zero-order valence-corrected chi connectivity index (χ0v) is 15.9. The van der Waals surface area contributed by atoms with E-state index in [1.807, 2.05) is 60.7 Å². The van der Waals surface area contributed by atoms with Gasteiger partial charge in [0, 0.05) is 11.3 Å². The van der Waals surface area contributed by atoms with Crippen LogP contribution in [0, 0.1) is 0 Å². The Morgan fingerprint density at radius 2 is 1.79 bits per heavy atom. The molecule has 1 amide bonds. The van der Waals surface area contributed by atoms with E-state index in [4.69, 9.17) is 9.47 Å². The molecule has 0 spiro atoms. The van der Waals surface area contributed by atoms with Crippen molar-refractivity contribution in [2.75, 3.05) is 12.4 Å². The van der Waals surface area contributed by atoms with Crippen LogP contribution in [0.5, 0.6) is 11.5 Å². The average Bonchev–Trinajstić information content (AvgIpc) is 2.74. The number of amides is 1. The van der Waals surface area contributed by atoms with Crippen LogP contribution in [0.3, 0.4) is 0 Å². The van der Waals surface area contributed by atoms with Crippen LogP contribution < -0.4 is 14.8 Å². The van der Waals surface area contributed by atoms with E-state index in [0.717, 1.165) is 22.6 Å². The largest absolute Gasteiger partial charge is 0.496 e. The molecule has 3 aromatic carbocycles. The van der Waals surface area contributed by atoms with Gasteiger partial charge in [0.2, 0.25) is 0 Å². The van der Waals surface area contributed by atoms with E-state index in [2.05, 4.69) is 11.9 Å². The lowest BCUT2D eigenvalue weighted by molar-refractivity contribution is 0.102. The molecule has 4 heteroatoms. The van der Waals surface area contributed by atoms with E-state index in [-0.39, 0.29) is 5.91 Å². The highest BCUT2D eigenvalue weighted by Crippen LogP contribution is 2.22. The fourth-order valence-electron chi connectivity index (χ4n) is 2.81. The second-order valence-electron chi connectivity index (χ2n) is 6.27. The van der Waals surface area contributed by atoms with E-state index in [0.29, 0.717) is 24.3 Å². The fourth-order valence-corrected chi connectivity index (χ4v) is 2.81. The van der Waals surface area contributed by atoms with Crippen LogP contribution in [0.2, 0.25) is 0 Å². The molecule has 0 aliphatic rings. The average molecular weight is 373 g/mol. The molecular formula is C24H23NO3. The molecule has 0 aliphatic carbocycles. The number of rotatable bonds is 8. The Morgan fingerprint density at radius 1 is 1.04 bits per heavy atom. The predicted octanol–water partition coefficient (Wildman–Crippen LogP) is 5.26. The summed E-state index contributed by atoms with van der Waals surface area (Å²) < 4.78 is 11.1. The lowest BCUT2D eigenvalue weighted by atomic mass is 10.1. The van der Waals surface area contributed by atoms with Crippen LogP contribution in [0.15, 0.2) is 85.5 Å². The summed E-state index contributed by atoms with van der Waals surface area (Å²) in [6, 6.07) is 22.7.